The quantitative estimate of drug-likeness (QED) is 0.684. The van der Waals surface area contributed by atoms with Crippen LogP contribution in [0.25, 0.3) is 0 Å². The van der Waals surface area contributed by atoms with Crippen LogP contribution in [0, 0.1) is 0 Å². The Kier molecular flexibility index (Phi) is 4.49. The summed E-state index contributed by atoms with van der Waals surface area (Å²) in [5, 5.41) is 18.0. The molecule has 1 fully saturated rings. The lowest BCUT2D eigenvalue weighted by Crippen LogP contribution is -2.48. The van der Waals surface area contributed by atoms with E-state index < -0.39 is 12.1 Å². The van der Waals surface area contributed by atoms with Crippen LogP contribution in [0.2, 0.25) is 0 Å². The van der Waals surface area contributed by atoms with E-state index in [1.165, 1.54) is 0 Å². The third-order valence-electron chi connectivity index (χ3n) is 2.76. The first kappa shape index (κ1) is 12.7. The number of carboxylic acids is 1. The van der Waals surface area contributed by atoms with Gasteiger partial charge in [0.1, 0.15) is 0 Å². The van der Waals surface area contributed by atoms with Crippen molar-refractivity contribution in [1.82, 2.24) is 4.90 Å². The van der Waals surface area contributed by atoms with Crippen LogP contribution in [-0.4, -0.2) is 45.7 Å². The smallest absolute Gasteiger partial charge is 0.328 e. The third-order valence-corrected chi connectivity index (χ3v) is 2.76. The minimum Gasteiger partial charge on any atom is -0.478 e. The molecule has 0 saturated carbocycles. The number of nitrogens with zero attached hydrogens (tertiary/aromatic N) is 1. The second-order valence-corrected chi connectivity index (χ2v) is 4.01. The van der Waals surface area contributed by atoms with Crippen LogP contribution in [0.1, 0.15) is 26.2 Å². The monoisotopic (exact) mass is 227 g/mol. The average Bonchev–Trinajstić information content (AvgIpc) is 2.25. The molecule has 5 heteroatoms. The molecule has 0 aromatic rings. The number of rotatable bonds is 3. The molecule has 0 spiro atoms. The van der Waals surface area contributed by atoms with Crippen LogP contribution in [-0.2, 0) is 9.59 Å². The fourth-order valence-corrected chi connectivity index (χ4v) is 1.97. The molecular weight excluding hydrogens is 210 g/mol. The summed E-state index contributed by atoms with van der Waals surface area (Å²) in [5.74, 6) is -1.48. The van der Waals surface area contributed by atoms with Gasteiger partial charge in [-0.2, -0.15) is 0 Å². The van der Waals surface area contributed by atoms with Gasteiger partial charge in [-0.3, -0.25) is 4.79 Å². The summed E-state index contributed by atoms with van der Waals surface area (Å²) in [6.45, 7) is 2.23. The lowest BCUT2D eigenvalue weighted by Gasteiger charge is -2.36. The highest BCUT2D eigenvalue weighted by atomic mass is 16.4. The SMILES string of the molecule is C[C@H](O)[C@@H]1CCCCN1C(=O)/C=C/C(=O)O. The standard InChI is InChI=1S/C11H17NO4/c1-8(13)9-4-2-3-7-12(9)10(14)5-6-11(15)16/h5-6,8-9,13H,2-4,7H2,1H3,(H,15,16)/b6-5+/t8-,9-/m0/s1. The van der Waals surface area contributed by atoms with E-state index in [2.05, 4.69) is 0 Å². The van der Waals surface area contributed by atoms with Gasteiger partial charge in [-0.15, -0.1) is 0 Å². The largest absolute Gasteiger partial charge is 0.478 e. The molecule has 1 rings (SSSR count). The van der Waals surface area contributed by atoms with E-state index in [-0.39, 0.29) is 11.9 Å². The Hall–Kier alpha value is -1.36. The van der Waals surface area contributed by atoms with Crippen LogP contribution >= 0.6 is 0 Å². The Morgan fingerprint density at radius 3 is 2.62 bits per heavy atom. The van der Waals surface area contributed by atoms with Crippen LogP contribution in [0.3, 0.4) is 0 Å². The molecule has 1 aliphatic heterocycles. The van der Waals surface area contributed by atoms with Gasteiger partial charge >= 0.3 is 5.97 Å². The van der Waals surface area contributed by atoms with Crippen LogP contribution < -0.4 is 0 Å². The Bertz CT molecular complexity index is 298. The molecule has 1 aliphatic rings. The maximum absolute atomic E-state index is 11.7. The Balaban J connectivity index is 2.67. The number of amides is 1. The summed E-state index contributed by atoms with van der Waals surface area (Å²) >= 11 is 0. The molecule has 1 amide bonds. The number of carboxylic acid groups (broad SMARTS) is 1. The van der Waals surface area contributed by atoms with E-state index >= 15 is 0 Å². The number of carbonyl (C=O) groups is 2. The van der Waals surface area contributed by atoms with Crippen LogP contribution in [0.15, 0.2) is 12.2 Å². The molecule has 1 saturated heterocycles. The van der Waals surface area contributed by atoms with Gasteiger partial charge in [0.15, 0.2) is 0 Å². The van der Waals surface area contributed by atoms with Crippen molar-refractivity contribution in [2.24, 2.45) is 0 Å². The van der Waals surface area contributed by atoms with Crippen molar-refractivity contribution in [3.63, 3.8) is 0 Å². The molecule has 0 aromatic carbocycles. The van der Waals surface area contributed by atoms with Crippen molar-refractivity contribution < 1.29 is 19.8 Å². The lowest BCUT2D eigenvalue weighted by molar-refractivity contribution is -0.134. The number of aliphatic carboxylic acids is 1. The van der Waals surface area contributed by atoms with Gasteiger partial charge in [0.2, 0.25) is 5.91 Å². The van der Waals surface area contributed by atoms with Crippen molar-refractivity contribution in [2.45, 2.75) is 38.3 Å². The summed E-state index contributed by atoms with van der Waals surface area (Å²) in [5.41, 5.74) is 0. The molecule has 2 N–H and O–H groups in total. The van der Waals surface area contributed by atoms with E-state index in [1.807, 2.05) is 0 Å². The molecule has 5 nitrogen and oxygen atoms in total. The minimum atomic E-state index is -1.14. The van der Waals surface area contributed by atoms with E-state index in [0.29, 0.717) is 6.54 Å². The molecule has 1 heterocycles. The van der Waals surface area contributed by atoms with Crippen molar-refractivity contribution in [3.05, 3.63) is 12.2 Å². The molecule has 16 heavy (non-hydrogen) atoms. The molecule has 90 valence electrons. The highest BCUT2D eigenvalue weighted by molar-refractivity contribution is 5.94. The molecule has 0 radical (unpaired) electrons. The zero-order chi connectivity index (χ0) is 12.1. The first-order valence-electron chi connectivity index (χ1n) is 5.42. The molecule has 0 aliphatic carbocycles. The summed E-state index contributed by atoms with van der Waals surface area (Å²) in [7, 11) is 0. The van der Waals surface area contributed by atoms with Crippen molar-refractivity contribution in [3.8, 4) is 0 Å². The number of aliphatic hydroxyl groups is 1. The van der Waals surface area contributed by atoms with Gasteiger partial charge in [-0.25, -0.2) is 4.79 Å². The maximum Gasteiger partial charge on any atom is 0.328 e. The summed E-state index contributed by atoms with van der Waals surface area (Å²) in [4.78, 5) is 23.5. The Labute approximate surface area is 94.4 Å². The average molecular weight is 227 g/mol. The fourth-order valence-electron chi connectivity index (χ4n) is 1.97. The van der Waals surface area contributed by atoms with Gasteiger partial charge in [0.05, 0.1) is 12.1 Å². The van der Waals surface area contributed by atoms with Crippen molar-refractivity contribution in [1.29, 1.82) is 0 Å². The van der Waals surface area contributed by atoms with Crippen molar-refractivity contribution >= 4 is 11.9 Å². The highest BCUT2D eigenvalue weighted by Gasteiger charge is 2.28. The first-order chi connectivity index (χ1) is 7.52. The van der Waals surface area contributed by atoms with E-state index in [0.717, 1.165) is 31.4 Å². The van der Waals surface area contributed by atoms with Gasteiger partial charge in [0.25, 0.3) is 0 Å². The fraction of sp³-hybridized carbons (Fsp3) is 0.636. The van der Waals surface area contributed by atoms with Crippen LogP contribution in [0.5, 0.6) is 0 Å². The van der Waals surface area contributed by atoms with E-state index in [1.54, 1.807) is 11.8 Å². The van der Waals surface area contributed by atoms with Gasteiger partial charge in [-0.05, 0) is 26.2 Å². The minimum absolute atomic E-state index is 0.195. The predicted octanol–water partition coefficient (Wildman–Crippen LogP) is 0.389. The highest BCUT2D eigenvalue weighted by Crippen LogP contribution is 2.20. The van der Waals surface area contributed by atoms with Gasteiger partial charge in [0, 0.05) is 18.7 Å². The van der Waals surface area contributed by atoms with Crippen molar-refractivity contribution in [2.75, 3.05) is 6.54 Å². The van der Waals surface area contributed by atoms with Gasteiger partial charge in [-0.1, -0.05) is 0 Å². The van der Waals surface area contributed by atoms with Gasteiger partial charge < -0.3 is 15.1 Å². The molecule has 0 aromatic heterocycles. The normalized spacial score (nSPS) is 23.4. The van der Waals surface area contributed by atoms with E-state index in [9.17, 15) is 14.7 Å². The zero-order valence-corrected chi connectivity index (χ0v) is 9.30. The number of hydrogen-bond donors (Lipinski definition) is 2. The number of hydrogen-bond acceptors (Lipinski definition) is 3. The van der Waals surface area contributed by atoms with E-state index in [4.69, 9.17) is 5.11 Å². The summed E-state index contributed by atoms with van der Waals surface area (Å²) < 4.78 is 0. The number of likely N-dealkylation sites (tertiary alicyclic amines) is 1. The molecule has 0 bridgehead atoms. The predicted molar refractivity (Wildman–Crippen MR) is 57.8 cm³/mol. The first-order valence-corrected chi connectivity index (χ1v) is 5.42. The second-order valence-electron chi connectivity index (χ2n) is 4.01. The zero-order valence-electron chi connectivity index (χ0n) is 9.30. The second kappa shape index (κ2) is 5.65. The molecule has 0 unspecified atom stereocenters. The Morgan fingerprint density at radius 1 is 1.38 bits per heavy atom. The third kappa shape index (κ3) is 3.34. The van der Waals surface area contributed by atoms with Crippen LogP contribution in [0.4, 0.5) is 0 Å². The summed E-state index contributed by atoms with van der Waals surface area (Å²) in [6, 6.07) is -0.195. The number of piperidine rings is 1. The number of aliphatic hydroxyl groups excluding tert-OH is 1. The molecule has 2 atom stereocenters. The number of carbonyl (C=O) groups excluding carboxylic acids is 1. The Morgan fingerprint density at radius 2 is 2.06 bits per heavy atom. The molecular formula is C11H17NO4. The topological polar surface area (TPSA) is 77.8 Å². The maximum atomic E-state index is 11.7. The lowest BCUT2D eigenvalue weighted by atomic mass is 9.98. The summed E-state index contributed by atoms with van der Waals surface area (Å²) in [6.07, 6.45) is 3.95.